The van der Waals surface area contributed by atoms with Crippen molar-refractivity contribution >= 4 is 11.6 Å². The minimum Gasteiger partial charge on any atom is -0.383 e. The number of hydrogen-bond acceptors (Lipinski definition) is 3. The Hall–Kier alpha value is 0.170. The van der Waals surface area contributed by atoms with Gasteiger partial charge in [-0.25, -0.2) is 0 Å². The first-order valence-corrected chi connectivity index (χ1v) is 5.98. The number of rotatable bonds is 4. The Morgan fingerprint density at radius 3 is 2.80 bits per heavy atom. The van der Waals surface area contributed by atoms with Gasteiger partial charge in [0.05, 0.1) is 18.3 Å². The first kappa shape index (κ1) is 13.2. The Kier molecular flexibility index (Phi) is 4.84. The van der Waals surface area contributed by atoms with Gasteiger partial charge in [0.15, 0.2) is 0 Å². The highest BCUT2D eigenvalue weighted by atomic mass is 35.5. The molecule has 1 heterocycles. The third kappa shape index (κ3) is 3.91. The van der Waals surface area contributed by atoms with Gasteiger partial charge < -0.3 is 9.47 Å². The second kappa shape index (κ2) is 5.48. The lowest BCUT2D eigenvalue weighted by atomic mass is 10.0. The lowest BCUT2D eigenvalue weighted by Gasteiger charge is -2.44. The van der Waals surface area contributed by atoms with Crippen LogP contribution in [0, 0.1) is 0 Å². The summed E-state index contributed by atoms with van der Waals surface area (Å²) in [5.41, 5.74) is -0.111. The van der Waals surface area contributed by atoms with Crippen molar-refractivity contribution in [1.29, 1.82) is 0 Å². The predicted octanol–water partition coefficient (Wildman–Crippen LogP) is 1.74. The lowest BCUT2D eigenvalue weighted by molar-refractivity contribution is -0.139. The monoisotopic (exact) mass is 235 g/mol. The number of morpholine rings is 1. The van der Waals surface area contributed by atoms with Crippen molar-refractivity contribution < 1.29 is 9.47 Å². The SMILES string of the molecule is COCC(C)N1CC(CCl)OC(C)(C)C1. The molecule has 0 saturated carbocycles. The van der Waals surface area contributed by atoms with Crippen molar-refractivity contribution in [3.05, 3.63) is 0 Å². The third-order valence-corrected chi connectivity index (χ3v) is 3.06. The molecule has 2 atom stereocenters. The van der Waals surface area contributed by atoms with E-state index in [-0.39, 0.29) is 11.7 Å². The van der Waals surface area contributed by atoms with Crippen LogP contribution in [-0.4, -0.2) is 55.3 Å². The molecule has 2 unspecified atom stereocenters. The zero-order chi connectivity index (χ0) is 11.5. The molecule has 90 valence electrons. The molecule has 4 heteroatoms. The summed E-state index contributed by atoms with van der Waals surface area (Å²) in [5.74, 6) is 0.555. The Labute approximate surface area is 97.7 Å². The van der Waals surface area contributed by atoms with Crippen LogP contribution in [0.5, 0.6) is 0 Å². The Morgan fingerprint density at radius 2 is 2.27 bits per heavy atom. The molecule has 0 aromatic heterocycles. The van der Waals surface area contributed by atoms with Crippen molar-refractivity contribution in [2.75, 3.05) is 32.7 Å². The summed E-state index contributed by atoms with van der Waals surface area (Å²) in [6, 6.07) is 0.420. The summed E-state index contributed by atoms with van der Waals surface area (Å²) >= 11 is 5.87. The number of alkyl halides is 1. The summed E-state index contributed by atoms with van der Waals surface area (Å²) < 4.78 is 11.0. The van der Waals surface area contributed by atoms with Gasteiger partial charge in [0.25, 0.3) is 0 Å². The van der Waals surface area contributed by atoms with E-state index in [1.54, 1.807) is 7.11 Å². The molecule has 0 aromatic rings. The van der Waals surface area contributed by atoms with E-state index in [9.17, 15) is 0 Å². The normalized spacial score (nSPS) is 29.0. The lowest BCUT2D eigenvalue weighted by Crippen LogP contribution is -2.56. The maximum atomic E-state index is 5.87. The van der Waals surface area contributed by atoms with Gasteiger partial charge in [0.1, 0.15) is 0 Å². The highest BCUT2D eigenvalue weighted by molar-refractivity contribution is 6.18. The van der Waals surface area contributed by atoms with Crippen molar-refractivity contribution in [3.63, 3.8) is 0 Å². The maximum absolute atomic E-state index is 5.87. The molecule has 0 N–H and O–H groups in total. The molecule has 1 fully saturated rings. The van der Waals surface area contributed by atoms with Gasteiger partial charge in [-0.15, -0.1) is 11.6 Å². The van der Waals surface area contributed by atoms with E-state index < -0.39 is 0 Å². The number of nitrogens with zero attached hydrogens (tertiary/aromatic N) is 1. The predicted molar refractivity (Wildman–Crippen MR) is 62.6 cm³/mol. The van der Waals surface area contributed by atoms with E-state index in [0.29, 0.717) is 11.9 Å². The highest BCUT2D eigenvalue weighted by Gasteiger charge is 2.34. The number of halogens is 1. The van der Waals surface area contributed by atoms with E-state index in [0.717, 1.165) is 19.7 Å². The fourth-order valence-electron chi connectivity index (χ4n) is 2.10. The molecule has 1 rings (SSSR count). The zero-order valence-corrected chi connectivity index (χ0v) is 10.9. The summed E-state index contributed by atoms with van der Waals surface area (Å²) in [6.45, 7) is 8.99. The number of methoxy groups -OCH3 is 1. The minimum absolute atomic E-state index is 0.111. The fraction of sp³-hybridized carbons (Fsp3) is 1.00. The Balaban J connectivity index is 2.57. The van der Waals surface area contributed by atoms with Gasteiger partial charge in [0, 0.05) is 32.1 Å². The van der Waals surface area contributed by atoms with E-state index in [2.05, 4.69) is 25.7 Å². The van der Waals surface area contributed by atoms with Gasteiger partial charge in [-0.05, 0) is 20.8 Å². The molecule has 1 saturated heterocycles. The van der Waals surface area contributed by atoms with Gasteiger partial charge >= 0.3 is 0 Å². The molecule has 0 spiro atoms. The highest BCUT2D eigenvalue weighted by Crippen LogP contribution is 2.23. The average molecular weight is 236 g/mol. The largest absolute Gasteiger partial charge is 0.383 e. The summed E-state index contributed by atoms with van der Waals surface area (Å²) in [5, 5.41) is 0. The van der Waals surface area contributed by atoms with Crippen LogP contribution in [0.15, 0.2) is 0 Å². The molecule has 1 aliphatic heterocycles. The zero-order valence-electron chi connectivity index (χ0n) is 10.1. The summed E-state index contributed by atoms with van der Waals surface area (Å²) in [7, 11) is 1.74. The van der Waals surface area contributed by atoms with Gasteiger partial charge in [0.2, 0.25) is 0 Å². The van der Waals surface area contributed by atoms with Crippen LogP contribution in [-0.2, 0) is 9.47 Å². The smallest absolute Gasteiger partial charge is 0.0845 e. The topological polar surface area (TPSA) is 21.7 Å². The van der Waals surface area contributed by atoms with E-state index in [4.69, 9.17) is 21.1 Å². The molecule has 15 heavy (non-hydrogen) atoms. The Bertz CT molecular complexity index is 199. The summed E-state index contributed by atoms with van der Waals surface area (Å²) in [6.07, 6.45) is 0.134. The number of ether oxygens (including phenoxy) is 2. The van der Waals surface area contributed by atoms with E-state index >= 15 is 0 Å². The standard InChI is InChI=1S/C11H22ClNO2/c1-9(7-14-4)13-6-10(5-12)15-11(2,3)8-13/h9-10H,5-8H2,1-4H3. The van der Waals surface area contributed by atoms with Crippen molar-refractivity contribution in [2.45, 2.75) is 38.5 Å². The first-order valence-electron chi connectivity index (χ1n) is 5.45. The maximum Gasteiger partial charge on any atom is 0.0845 e. The van der Waals surface area contributed by atoms with Gasteiger partial charge in [-0.2, -0.15) is 0 Å². The second-order valence-electron chi connectivity index (χ2n) is 4.89. The summed E-state index contributed by atoms with van der Waals surface area (Å²) in [4.78, 5) is 2.39. The van der Waals surface area contributed by atoms with E-state index in [1.807, 2.05) is 0 Å². The van der Waals surface area contributed by atoms with Crippen LogP contribution >= 0.6 is 11.6 Å². The molecule has 0 radical (unpaired) electrons. The van der Waals surface area contributed by atoms with Crippen LogP contribution in [0.2, 0.25) is 0 Å². The second-order valence-corrected chi connectivity index (χ2v) is 5.20. The van der Waals surface area contributed by atoms with Crippen LogP contribution in [0.3, 0.4) is 0 Å². The van der Waals surface area contributed by atoms with Crippen LogP contribution < -0.4 is 0 Å². The van der Waals surface area contributed by atoms with Crippen molar-refractivity contribution in [3.8, 4) is 0 Å². The number of hydrogen-bond donors (Lipinski definition) is 0. The molecule has 0 aliphatic carbocycles. The van der Waals surface area contributed by atoms with Gasteiger partial charge in [-0.1, -0.05) is 0 Å². The third-order valence-electron chi connectivity index (χ3n) is 2.71. The van der Waals surface area contributed by atoms with Crippen molar-refractivity contribution in [2.24, 2.45) is 0 Å². The average Bonchev–Trinajstić information content (AvgIpc) is 2.15. The van der Waals surface area contributed by atoms with Crippen LogP contribution in [0.25, 0.3) is 0 Å². The van der Waals surface area contributed by atoms with E-state index in [1.165, 1.54) is 0 Å². The molecule has 0 amide bonds. The molecule has 1 aliphatic rings. The molecule has 3 nitrogen and oxygen atoms in total. The minimum atomic E-state index is -0.111. The molecule has 0 bridgehead atoms. The molecular formula is C11H22ClNO2. The molecule has 0 aromatic carbocycles. The van der Waals surface area contributed by atoms with Crippen LogP contribution in [0.4, 0.5) is 0 Å². The quantitative estimate of drug-likeness (QED) is 0.693. The van der Waals surface area contributed by atoms with Crippen molar-refractivity contribution in [1.82, 2.24) is 4.90 Å². The fourth-order valence-corrected chi connectivity index (χ4v) is 2.26. The molecular weight excluding hydrogens is 214 g/mol. The Morgan fingerprint density at radius 1 is 1.60 bits per heavy atom. The van der Waals surface area contributed by atoms with Crippen LogP contribution in [0.1, 0.15) is 20.8 Å². The van der Waals surface area contributed by atoms with Gasteiger partial charge in [-0.3, -0.25) is 4.90 Å². The first-order chi connectivity index (χ1) is 6.98.